The minimum absolute atomic E-state index is 0.0951. The number of amides is 2. The number of nitrogens with zero attached hydrogens (tertiary/aromatic N) is 6. The summed E-state index contributed by atoms with van der Waals surface area (Å²) in [6.07, 6.45) is 6.78. The van der Waals surface area contributed by atoms with E-state index in [2.05, 4.69) is 40.6 Å². The van der Waals surface area contributed by atoms with E-state index in [0.717, 1.165) is 37.1 Å². The predicted molar refractivity (Wildman–Crippen MR) is 242 cm³/mol. The SMILES string of the molecule is [2H]C[C@H]1O[C@@H](n2cc(/C=C/C(=O)NCCCCCCNC(=O)c3ccc(N=Nc4ccc(N(C)C)cc4)cc3)c(=O)[nH]c2=O)CC1OP(OC=NCC)N(C(C)C)C(C)C.[3H]OC. The monoisotopic (exact) mass is 868 g/mol. The molecule has 1 aliphatic heterocycles. The summed E-state index contributed by atoms with van der Waals surface area (Å²) < 4.78 is 35.7. The van der Waals surface area contributed by atoms with Crippen molar-refractivity contribution in [1.82, 2.24) is 24.9 Å². The van der Waals surface area contributed by atoms with Crippen LogP contribution in [0.5, 0.6) is 0 Å². The number of aliphatic hydroxyl groups is 1. The Morgan fingerprint density at radius 1 is 1.03 bits per heavy atom. The lowest BCUT2D eigenvalue weighted by Gasteiger charge is -2.36. The van der Waals surface area contributed by atoms with Crippen LogP contribution in [0.3, 0.4) is 0 Å². The first-order valence-corrected chi connectivity index (χ1v) is 21.6. The molecular formula is C43H64N9O8P. The lowest BCUT2D eigenvalue weighted by atomic mass is 10.1. The van der Waals surface area contributed by atoms with Crippen molar-refractivity contribution in [2.75, 3.05) is 45.7 Å². The van der Waals surface area contributed by atoms with Crippen LogP contribution >= 0.6 is 8.53 Å². The number of carbonyl (C=O) groups is 2. The number of aliphatic hydroxyl groups excluding tert-OH is 1. The van der Waals surface area contributed by atoms with E-state index in [9.17, 15) is 19.2 Å². The third-order valence-electron chi connectivity index (χ3n) is 9.23. The molecule has 17 nitrogen and oxygen atoms in total. The zero-order valence-corrected chi connectivity index (χ0v) is 37.5. The van der Waals surface area contributed by atoms with E-state index in [0.29, 0.717) is 30.9 Å². The van der Waals surface area contributed by atoms with Gasteiger partial charge in [0.05, 0.1) is 29.1 Å². The highest BCUT2D eigenvalue weighted by molar-refractivity contribution is 7.45. The number of ether oxygens (including phenoxy) is 1. The molecule has 2 aromatic carbocycles. The maximum atomic E-state index is 12.9. The molecule has 0 saturated carbocycles. The van der Waals surface area contributed by atoms with Gasteiger partial charge in [-0.3, -0.25) is 28.9 Å². The number of carbonyl (C=O) groups excluding carboxylic acids is 2. The Morgan fingerprint density at radius 2 is 1.64 bits per heavy atom. The van der Waals surface area contributed by atoms with E-state index < -0.39 is 38.2 Å². The zero-order chi connectivity index (χ0) is 46.3. The topological polar surface area (TPSA) is 205 Å². The number of hydrogen-bond donors (Lipinski definition) is 4. The average molecular weight is 869 g/mol. The number of unbranched alkanes of at least 4 members (excludes halogenated alkanes) is 3. The van der Waals surface area contributed by atoms with Crippen molar-refractivity contribution in [3.63, 3.8) is 0 Å². The predicted octanol–water partition coefficient (Wildman–Crippen LogP) is 6.85. The van der Waals surface area contributed by atoms with Gasteiger partial charge in [0.2, 0.25) is 7.34 Å². The van der Waals surface area contributed by atoms with Gasteiger partial charge in [-0.2, -0.15) is 10.2 Å². The largest absolute Gasteiger partial charge is 0.425 e. The number of azo groups is 1. The first kappa shape index (κ1) is 47.0. The molecule has 4 N–H and O–H groups in total. The highest BCUT2D eigenvalue weighted by Gasteiger charge is 2.40. The molecule has 18 heteroatoms. The van der Waals surface area contributed by atoms with Crippen molar-refractivity contribution < 1.29 is 29.9 Å². The van der Waals surface area contributed by atoms with Gasteiger partial charge in [-0.25, -0.2) is 9.46 Å². The molecule has 1 aliphatic rings. The summed E-state index contributed by atoms with van der Waals surface area (Å²) in [5, 5.41) is 17.8. The molecule has 4 atom stereocenters. The third-order valence-corrected chi connectivity index (χ3v) is 11.3. The van der Waals surface area contributed by atoms with Crippen LogP contribution in [0.4, 0.5) is 17.1 Å². The van der Waals surface area contributed by atoms with Gasteiger partial charge < -0.3 is 34.4 Å². The van der Waals surface area contributed by atoms with Gasteiger partial charge in [-0.1, -0.05) is 12.8 Å². The van der Waals surface area contributed by atoms with Gasteiger partial charge in [-0.05, 0) is 109 Å². The van der Waals surface area contributed by atoms with Gasteiger partial charge in [0.15, 0.2) is 6.40 Å². The summed E-state index contributed by atoms with van der Waals surface area (Å²) >= 11 is 0. The van der Waals surface area contributed by atoms with Gasteiger partial charge in [0.1, 0.15) is 6.23 Å². The smallest absolute Gasteiger partial charge is 0.330 e. The number of nitrogens with one attached hydrogen (secondary N) is 3. The van der Waals surface area contributed by atoms with E-state index in [-0.39, 0.29) is 42.8 Å². The standard InChI is InChI=1S/C42H60N9O7P.CH4O/c1-9-43-28-56-59(51(29(2)3)30(4)5)58-37-26-39(57-31(37)6)50-27-33(41(54)46-42(50)55)16-23-38(52)44-24-12-10-11-13-25-45-40(53)32-14-17-34(18-15-32)47-48-35-19-21-36(22-20-35)49(7)8;1-2/h14-23,27-31,37,39H,9-13,24-26H2,1-8H3,(H,44,52)(H,45,53)(H,46,54,55);2H,1H3/b23-16+,43-28?,48-47?;/t31-,37?,39-,59?;/m1./s1/i6D;2T. The number of anilines is 1. The fourth-order valence-corrected chi connectivity index (χ4v) is 7.77. The Labute approximate surface area is 363 Å². The van der Waals surface area contributed by atoms with E-state index in [1.54, 1.807) is 24.3 Å². The molecule has 1 fully saturated rings. The highest BCUT2D eigenvalue weighted by atomic mass is 31.2. The Bertz CT molecular complexity index is 2040. The van der Waals surface area contributed by atoms with E-state index in [1.165, 1.54) is 36.4 Å². The second-order valence-electron chi connectivity index (χ2n) is 14.7. The fourth-order valence-electron chi connectivity index (χ4n) is 6.15. The molecule has 4 rings (SSSR count). The van der Waals surface area contributed by atoms with Crippen molar-refractivity contribution in [3.8, 4) is 0 Å². The van der Waals surface area contributed by atoms with Crippen LogP contribution in [0, 0.1) is 0 Å². The molecule has 1 saturated heterocycles. The number of hydrogen-bond acceptors (Lipinski definition) is 13. The second kappa shape index (κ2) is 26.3. The molecule has 1 aromatic heterocycles. The van der Waals surface area contributed by atoms with E-state index in [1.807, 2.05) is 77.9 Å². The van der Waals surface area contributed by atoms with Crippen LogP contribution in [0.2, 0.25) is 0 Å². The molecule has 0 spiro atoms. The first-order valence-electron chi connectivity index (χ1n) is 21.6. The molecule has 61 heavy (non-hydrogen) atoms. The summed E-state index contributed by atoms with van der Waals surface area (Å²) in [6.45, 7) is 11.5. The molecule has 0 bridgehead atoms. The number of rotatable bonds is 22. The maximum Gasteiger partial charge on any atom is 0.330 e. The Kier molecular flexibility index (Phi) is 20.3. The Morgan fingerprint density at radius 3 is 2.21 bits per heavy atom. The summed E-state index contributed by atoms with van der Waals surface area (Å²) in [7, 11) is 3.64. The molecule has 0 aliphatic carbocycles. The summed E-state index contributed by atoms with van der Waals surface area (Å²) in [4.78, 5) is 59.3. The van der Waals surface area contributed by atoms with Crippen molar-refractivity contribution in [2.45, 2.75) is 104 Å². The molecule has 334 valence electrons. The quantitative estimate of drug-likeness (QED) is 0.0207. The molecular weight excluding hydrogens is 802 g/mol. The van der Waals surface area contributed by atoms with Crippen molar-refractivity contribution in [3.05, 3.63) is 92.8 Å². The molecule has 3 aromatic rings. The lowest BCUT2D eigenvalue weighted by molar-refractivity contribution is -0.116. The molecule has 2 unspecified atom stereocenters. The fraction of sp³-hybridized carbons (Fsp3) is 0.512. The van der Waals surface area contributed by atoms with Gasteiger partial charge in [0, 0.05) is 84.2 Å². The Balaban J connectivity index is 0.00000342. The highest BCUT2D eigenvalue weighted by Crippen LogP contribution is 2.49. The van der Waals surface area contributed by atoms with Crippen LogP contribution < -0.4 is 26.8 Å². The molecule has 2 heterocycles. The van der Waals surface area contributed by atoms with Crippen LogP contribution in [-0.4, -0.2) is 104 Å². The van der Waals surface area contributed by atoms with Crippen LogP contribution in [-0.2, 0) is 18.6 Å². The number of aromatic nitrogens is 2. The molecule has 0 radical (unpaired) electrons. The van der Waals surface area contributed by atoms with E-state index >= 15 is 0 Å². The van der Waals surface area contributed by atoms with Crippen molar-refractivity contribution in [1.29, 1.82) is 1.43 Å². The maximum absolute atomic E-state index is 12.9. The number of aliphatic imine (C=N–C) groups is 1. The van der Waals surface area contributed by atoms with Crippen LogP contribution in [0.25, 0.3) is 6.08 Å². The number of aromatic amines is 1. The summed E-state index contributed by atoms with van der Waals surface area (Å²) in [5.41, 5.74) is 1.78. The van der Waals surface area contributed by atoms with Crippen LogP contribution in [0.15, 0.2) is 85.6 Å². The first-order chi connectivity index (χ1) is 30.2. The summed E-state index contributed by atoms with van der Waals surface area (Å²) in [6, 6.07) is 14.9. The molecule has 2 amide bonds. The average Bonchev–Trinajstić information content (AvgIpc) is 3.66. The Hall–Kier alpha value is -5.06. The normalized spacial score (nSPS) is 17.5. The minimum atomic E-state index is -1.61. The summed E-state index contributed by atoms with van der Waals surface area (Å²) in [5.74, 6) is -0.546. The van der Waals surface area contributed by atoms with Crippen molar-refractivity contribution >= 4 is 49.9 Å². The zero-order valence-electron chi connectivity index (χ0n) is 38.6. The van der Waals surface area contributed by atoms with E-state index in [4.69, 9.17) is 16.6 Å². The second-order valence-corrected chi connectivity index (χ2v) is 16.1. The van der Waals surface area contributed by atoms with Crippen LogP contribution in [0.1, 0.15) is 97.1 Å². The van der Waals surface area contributed by atoms with Gasteiger partial charge >= 0.3 is 14.2 Å². The van der Waals surface area contributed by atoms with Crippen molar-refractivity contribution in [2.24, 2.45) is 15.2 Å². The minimum Gasteiger partial charge on any atom is -0.425 e. The number of H-pyrrole nitrogens is 1. The third kappa shape index (κ3) is 16.4. The lowest BCUT2D eigenvalue weighted by Crippen LogP contribution is -2.35. The van der Waals surface area contributed by atoms with Gasteiger partial charge in [0.25, 0.3) is 11.5 Å². The van der Waals surface area contributed by atoms with Gasteiger partial charge in [-0.15, -0.1) is 0 Å². The number of benzene rings is 2.